The van der Waals surface area contributed by atoms with Gasteiger partial charge in [0, 0.05) is 17.4 Å². The van der Waals surface area contributed by atoms with Gasteiger partial charge in [-0.25, -0.2) is 21.6 Å². The summed E-state index contributed by atoms with van der Waals surface area (Å²) in [6.07, 6.45) is 0.745. The number of rotatable bonds is 1. The van der Waals surface area contributed by atoms with Crippen LogP contribution in [0.2, 0.25) is 0 Å². The average Bonchev–Trinajstić information content (AvgIpc) is 2.09. The van der Waals surface area contributed by atoms with Gasteiger partial charge in [-0.2, -0.15) is 0 Å². The van der Waals surface area contributed by atoms with Crippen LogP contribution in [0.1, 0.15) is 11.1 Å². The first-order chi connectivity index (χ1) is 6.68. The van der Waals surface area contributed by atoms with Gasteiger partial charge in [-0.3, -0.25) is 0 Å². The lowest BCUT2D eigenvalue weighted by atomic mass is 10.1. The highest BCUT2D eigenvalue weighted by Crippen LogP contribution is 2.27. The van der Waals surface area contributed by atoms with Gasteiger partial charge >= 0.3 is 0 Å². The van der Waals surface area contributed by atoms with E-state index >= 15 is 0 Å². The van der Waals surface area contributed by atoms with Crippen molar-refractivity contribution in [3.8, 4) is 0 Å². The molecule has 0 fully saturated rings. The average molecular weight is 238 g/mol. The minimum atomic E-state index is -3.91. The topological polar surface area (TPSA) is 34.1 Å². The van der Waals surface area contributed by atoms with Crippen LogP contribution < -0.4 is 0 Å². The van der Waals surface area contributed by atoms with E-state index in [0.29, 0.717) is 0 Å². The minimum absolute atomic E-state index is 0.530. The zero-order chi connectivity index (χ0) is 12.0. The molecule has 2 nitrogen and oxygen atoms in total. The fourth-order valence-corrected chi connectivity index (χ4v) is 2.43. The summed E-state index contributed by atoms with van der Waals surface area (Å²) in [5.74, 6) is -3.90. The summed E-state index contributed by atoms with van der Waals surface area (Å²) >= 11 is 0. The Balaban J connectivity index is 3.84. The van der Waals surface area contributed by atoms with Crippen molar-refractivity contribution in [3.05, 3.63) is 28.6 Å². The van der Waals surface area contributed by atoms with E-state index in [1.807, 2.05) is 0 Å². The maximum absolute atomic E-state index is 13.4. The lowest BCUT2D eigenvalue weighted by molar-refractivity contribution is 0.466. The third-order valence-electron chi connectivity index (χ3n) is 2.09. The molecule has 0 aromatic heterocycles. The lowest BCUT2D eigenvalue weighted by Gasteiger charge is -2.10. The molecule has 0 heterocycles. The van der Waals surface area contributed by atoms with Crippen LogP contribution in [0.15, 0.2) is 4.90 Å². The molecule has 6 heteroatoms. The van der Waals surface area contributed by atoms with Crippen molar-refractivity contribution in [3.63, 3.8) is 0 Å². The Morgan fingerprint density at radius 2 is 1.27 bits per heavy atom. The maximum atomic E-state index is 13.4. The second kappa shape index (κ2) is 3.52. The van der Waals surface area contributed by atoms with Gasteiger partial charge in [0.25, 0.3) is 0 Å². The van der Waals surface area contributed by atoms with Crippen molar-refractivity contribution < 1.29 is 21.6 Å². The van der Waals surface area contributed by atoms with Crippen molar-refractivity contribution in [2.45, 2.75) is 18.7 Å². The monoisotopic (exact) mass is 238 g/mol. The Bertz CT molecular complexity index is 492. The first-order valence-electron chi connectivity index (χ1n) is 4.01. The molecule has 84 valence electrons. The zero-order valence-corrected chi connectivity index (χ0v) is 9.18. The van der Waals surface area contributed by atoms with Gasteiger partial charge in [-0.1, -0.05) is 0 Å². The van der Waals surface area contributed by atoms with Gasteiger partial charge in [0.05, 0.1) is 0 Å². The number of benzene rings is 1. The van der Waals surface area contributed by atoms with Gasteiger partial charge in [0.2, 0.25) is 0 Å². The highest BCUT2D eigenvalue weighted by atomic mass is 32.2. The van der Waals surface area contributed by atoms with E-state index < -0.39 is 43.3 Å². The molecular formula is C9H9F3O2S. The third-order valence-corrected chi connectivity index (χ3v) is 3.32. The van der Waals surface area contributed by atoms with Gasteiger partial charge in [-0.05, 0) is 13.8 Å². The molecule has 0 atom stereocenters. The predicted molar refractivity (Wildman–Crippen MR) is 48.9 cm³/mol. The second-order valence-electron chi connectivity index (χ2n) is 3.29. The zero-order valence-electron chi connectivity index (χ0n) is 8.36. The summed E-state index contributed by atoms with van der Waals surface area (Å²) in [5, 5.41) is 0. The molecule has 0 aliphatic rings. The van der Waals surface area contributed by atoms with Crippen LogP contribution in [-0.2, 0) is 9.84 Å². The van der Waals surface area contributed by atoms with Crippen LogP contribution >= 0.6 is 0 Å². The third kappa shape index (κ3) is 1.86. The Morgan fingerprint density at radius 3 is 1.67 bits per heavy atom. The molecule has 0 bridgehead atoms. The summed E-state index contributed by atoms with van der Waals surface area (Å²) in [7, 11) is -3.91. The van der Waals surface area contributed by atoms with Crippen LogP contribution in [0.25, 0.3) is 0 Å². The normalized spacial score (nSPS) is 11.9. The number of sulfone groups is 1. The van der Waals surface area contributed by atoms with Crippen molar-refractivity contribution in [2.75, 3.05) is 6.26 Å². The molecule has 0 saturated carbocycles. The lowest BCUT2D eigenvalue weighted by Crippen LogP contribution is -2.10. The minimum Gasteiger partial charge on any atom is -0.224 e. The molecule has 0 saturated heterocycles. The van der Waals surface area contributed by atoms with Crippen molar-refractivity contribution in [2.24, 2.45) is 0 Å². The van der Waals surface area contributed by atoms with Gasteiger partial charge in [0.1, 0.15) is 10.7 Å². The SMILES string of the molecule is Cc1c(F)c(F)c(C)c(S(C)(=O)=O)c1F. The molecule has 1 aromatic rings. The summed E-state index contributed by atoms with van der Waals surface area (Å²) in [6.45, 7) is 2.01. The van der Waals surface area contributed by atoms with Gasteiger partial charge in [0.15, 0.2) is 21.5 Å². The summed E-state index contributed by atoms with van der Waals surface area (Å²) in [4.78, 5) is -0.779. The molecular weight excluding hydrogens is 229 g/mol. The molecule has 0 spiro atoms. The van der Waals surface area contributed by atoms with Crippen molar-refractivity contribution >= 4 is 9.84 Å². The van der Waals surface area contributed by atoms with E-state index in [4.69, 9.17) is 0 Å². The van der Waals surface area contributed by atoms with Crippen LogP contribution in [0.5, 0.6) is 0 Å². The van der Waals surface area contributed by atoms with E-state index in [2.05, 4.69) is 0 Å². The fourth-order valence-electron chi connectivity index (χ4n) is 1.30. The molecule has 0 aliphatic heterocycles. The quantitative estimate of drug-likeness (QED) is 0.554. The molecule has 0 amide bonds. The van der Waals surface area contributed by atoms with E-state index in [-0.39, 0.29) is 0 Å². The summed E-state index contributed by atoms with van der Waals surface area (Å²) in [6, 6.07) is 0. The highest BCUT2D eigenvalue weighted by Gasteiger charge is 2.25. The van der Waals surface area contributed by atoms with Crippen LogP contribution in [0, 0.1) is 31.3 Å². The Kier molecular flexibility index (Phi) is 2.82. The van der Waals surface area contributed by atoms with Gasteiger partial charge in [-0.15, -0.1) is 0 Å². The van der Waals surface area contributed by atoms with Crippen LogP contribution in [0.4, 0.5) is 13.2 Å². The van der Waals surface area contributed by atoms with Crippen molar-refractivity contribution in [1.82, 2.24) is 0 Å². The maximum Gasteiger partial charge on any atom is 0.178 e. The number of hydrogen-bond donors (Lipinski definition) is 0. The molecule has 1 rings (SSSR count). The number of halogens is 3. The standard InChI is InChI=1S/C9H9F3O2S/c1-4-6(10)7(11)5(2)9(8(4)12)15(3,13)14/h1-3H3. The van der Waals surface area contributed by atoms with E-state index in [0.717, 1.165) is 20.1 Å². The molecule has 1 aromatic carbocycles. The van der Waals surface area contributed by atoms with E-state index in [1.165, 1.54) is 0 Å². The number of hydrogen-bond acceptors (Lipinski definition) is 2. The summed E-state index contributed by atoms with van der Waals surface area (Å²) in [5.41, 5.74) is -1.16. The summed E-state index contributed by atoms with van der Waals surface area (Å²) < 4.78 is 61.9. The smallest absolute Gasteiger partial charge is 0.178 e. The largest absolute Gasteiger partial charge is 0.224 e. The fraction of sp³-hybridized carbons (Fsp3) is 0.333. The predicted octanol–water partition coefficient (Wildman–Crippen LogP) is 2.12. The Labute approximate surface area is 85.6 Å². The molecule has 0 radical (unpaired) electrons. The second-order valence-corrected chi connectivity index (χ2v) is 5.25. The first-order valence-corrected chi connectivity index (χ1v) is 5.90. The molecule has 15 heavy (non-hydrogen) atoms. The highest BCUT2D eigenvalue weighted by molar-refractivity contribution is 7.90. The van der Waals surface area contributed by atoms with Crippen LogP contribution in [-0.4, -0.2) is 14.7 Å². The van der Waals surface area contributed by atoms with E-state index in [9.17, 15) is 21.6 Å². The van der Waals surface area contributed by atoms with E-state index in [1.54, 1.807) is 0 Å². The van der Waals surface area contributed by atoms with Gasteiger partial charge < -0.3 is 0 Å². The first kappa shape index (κ1) is 12.0. The van der Waals surface area contributed by atoms with Crippen molar-refractivity contribution in [1.29, 1.82) is 0 Å². The molecule has 0 unspecified atom stereocenters. The molecule has 0 aliphatic carbocycles. The van der Waals surface area contributed by atoms with Crippen LogP contribution in [0.3, 0.4) is 0 Å². The Hall–Kier alpha value is -1.04. The molecule has 0 N–H and O–H groups in total. The Morgan fingerprint density at radius 1 is 0.867 bits per heavy atom.